The van der Waals surface area contributed by atoms with Crippen LogP contribution < -0.4 is 5.32 Å². The summed E-state index contributed by atoms with van der Waals surface area (Å²) in [6.45, 7) is 6.93. The summed E-state index contributed by atoms with van der Waals surface area (Å²) in [5, 5.41) is 3.57. The SMILES string of the molecule is CCOC(C)Cn1cncc1C1CCCCN1. The van der Waals surface area contributed by atoms with Gasteiger partial charge in [-0.2, -0.15) is 0 Å². The zero-order valence-corrected chi connectivity index (χ0v) is 10.9. The van der Waals surface area contributed by atoms with E-state index in [-0.39, 0.29) is 6.10 Å². The van der Waals surface area contributed by atoms with Gasteiger partial charge in [0.15, 0.2) is 0 Å². The Kier molecular flexibility index (Phi) is 4.57. The summed E-state index contributed by atoms with van der Waals surface area (Å²) in [5.41, 5.74) is 1.30. The molecule has 17 heavy (non-hydrogen) atoms. The zero-order valence-electron chi connectivity index (χ0n) is 10.9. The topological polar surface area (TPSA) is 39.1 Å². The van der Waals surface area contributed by atoms with Crippen LogP contribution in [0.25, 0.3) is 0 Å². The molecule has 1 aromatic heterocycles. The number of imidazole rings is 1. The second-order valence-electron chi connectivity index (χ2n) is 4.74. The molecule has 2 atom stereocenters. The van der Waals surface area contributed by atoms with E-state index in [9.17, 15) is 0 Å². The van der Waals surface area contributed by atoms with Crippen molar-refractivity contribution < 1.29 is 4.74 Å². The molecule has 4 nitrogen and oxygen atoms in total. The van der Waals surface area contributed by atoms with E-state index in [2.05, 4.69) is 21.8 Å². The summed E-state index contributed by atoms with van der Waals surface area (Å²) in [6, 6.07) is 0.472. The first-order valence-corrected chi connectivity index (χ1v) is 6.66. The summed E-state index contributed by atoms with van der Waals surface area (Å²) >= 11 is 0. The van der Waals surface area contributed by atoms with E-state index in [1.54, 1.807) is 0 Å². The number of rotatable bonds is 5. The Balaban J connectivity index is 2.00. The fraction of sp³-hybridized carbons (Fsp3) is 0.769. The fourth-order valence-corrected chi connectivity index (χ4v) is 2.49. The van der Waals surface area contributed by atoms with Gasteiger partial charge >= 0.3 is 0 Å². The second kappa shape index (κ2) is 6.17. The molecule has 0 amide bonds. The number of piperidine rings is 1. The second-order valence-corrected chi connectivity index (χ2v) is 4.74. The number of hydrogen-bond acceptors (Lipinski definition) is 3. The van der Waals surface area contributed by atoms with Gasteiger partial charge in [0.25, 0.3) is 0 Å². The first kappa shape index (κ1) is 12.6. The number of ether oxygens (including phenoxy) is 1. The highest BCUT2D eigenvalue weighted by Crippen LogP contribution is 2.22. The Morgan fingerprint density at radius 3 is 3.18 bits per heavy atom. The molecular weight excluding hydrogens is 214 g/mol. The first-order chi connectivity index (χ1) is 8.31. The average Bonchev–Trinajstić information content (AvgIpc) is 2.78. The predicted octanol–water partition coefficient (Wildman–Crippen LogP) is 2.12. The van der Waals surface area contributed by atoms with Crippen molar-refractivity contribution in [1.29, 1.82) is 0 Å². The van der Waals surface area contributed by atoms with Crippen LogP contribution in [0.5, 0.6) is 0 Å². The Hall–Kier alpha value is -0.870. The molecule has 2 heterocycles. The largest absolute Gasteiger partial charge is 0.377 e. The third-order valence-electron chi connectivity index (χ3n) is 3.32. The highest BCUT2D eigenvalue weighted by Gasteiger charge is 2.18. The van der Waals surface area contributed by atoms with Crippen molar-refractivity contribution in [3.63, 3.8) is 0 Å². The molecule has 0 saturated carbocycles. The minimum absolute atomic E-state index is 0.247. The van der Waals surface area contributed by atoms with Crippen LogP contribution in [-0.2, 0) is 11.3 Å². The van der Waals surface area contributed by atoms with Crippen molar-refractivity contribution in [1.82, 2.24) is 14.9 Å². The van der Waals surface area contributed by atoms with Gasteiger partial charge in [-0.05, 0) is 33.2 Å². The lowest BCUT2D eigenvalue weighted by Crippen LogP contribution is -2.29. The van der Waals surface area contributed by atoms with E-state index in [1.807, 2.05) is 19.4 Å². The molecule has 0 aromatic carbocycles. The Bertz CT molecular complexity index is 331. The minimum Gasteiger partial charge on any atom is -0.377 e. The summed E-state index contributed by atoms with van der Waals surface area (Å²) < 4.78 is 7.81. The normalized spacial score (nSPS) is 22.6. The molecule has 4 heteroatoms. The Labute approximate surface area is 103 Å². The molecule has 1 saturated heterocycles. The molecule has 1 aliphatic rings. The quantitative estimate of drug-likeness (QED) is 0.852. The van der Waals surface area contributed by atoms with Crippen LogP contribution in [0.15, 0.2) is 12.5 Å². The van der Waals surface area contributed by atoms with Crippen molar-refractivity contribution in [2.45, 2.75) is 51.8 Å². The van der Waals surface area contributed by atoms with Gasteiger partial charge in [0, 0.05) is 25.4 Å². The Morgan fingerprint density at radius 2 is 2.47 bits per heavy atom. The van der Waals surface area contributed by atoms with Gasteiger partial charge in [0.1, 0.15) is 0 Å². The first-order valence-electron chi connectivity index (χ1n) is 6.66. The maximum Gasteiger partial charge on any atom is 0.0949 e. The number of nitrogens with zero attached hydrogens (tertiary/aromatic N) is 2. The monoisotopic (exact) mass is 237 g/mol. The van der Waals surface area contributed by atoms with Gasteiger partial charge in [-0.25, -0.2) is 4.98 Å². The van der Waals surface area contributed by atoms with Gasteiger partial charge < -0.3 is 14.6 Å². The van der Waals surface area contributed by atoms with Crippen LogP contribution in [0, 0.1) is 0 Å². The average molecular weight is 237 g/mol. The molecule has 0 spiro atoms. The third kappa shape index (κ3) is 3.30. The van der Waals surface area contributed by atoms with Crippen molar-refractivity contribution in [3.05, 3.63) is 18.2 Å². The highest BCUT2D eigenvalue weighted by molar-refractivity contribution is 5.06. The molecule has 0 radical (unpaired) electrons. The summed E-state index contributed by atoms with van der Waals surface area (Å²) in [6.07, 6.45) is 7.97. The minimum atomic E-state index is 0.247. The zero-order chi connectivity index (χ0) is 12.1. The van der Waals surface area contributed by atoms with Gasteiger partial charge in [-0.1, -0.05) is 6.42 Å². The maximum atomic E-state index is 5.59. The lowest BCUT2D eigenvalue weighted by atomic mass is 10.0. The molecule has 2 rings (SSSR count). The van der Waals surface area contributed by atoms with E-state index >= 15 is 0 Å². The summed E-state index contributed by atoms with van der Waals surface area (Å²) in [4.78, 5) is 4.28. The number of nitrogens with one attached hydrogen (secondary N) is 1. The Morgan fingerprint density at radius 1 is 1.59 bits per heavy atom. The third-order valence-corrected chi connectivity index (χ3v) is 3.32. The van der Waals surface area contributed by atoms with Crippen LogP contribution in [0.3, 0.4) is 0 Å². The van der Waals surface area contributed by atoms with Gasteiger partial charge in [0.05, 0.1) is 18.1 Å². The molecule has 0 bridgehead atoms. The van der Waals surface area contributed by atoms with Crippen LogP contribution in [-0.4, -0.2) is 28.8 Å². The number of aromatic nitrogens is 2. The van der Waals surface area contributed by atoms with E-state index < -0.39 is 0 Å². The van der Waals surface area contributed by atoms with Crippen LogP contribution in [0.1, 0.15) is 44.8 Å². The van der Waals surface area contributed by atoms with E-state index in [1.165, 1.54) is 25.0 Å². The molecular formula is C13H23N3O. The molecule has 0 aliphatic carbocycles. The van der Waals surface area contributed by atoms with E-state index in [0.29, 0.717) is 6.04 Å². The van der Waals surface area contributed by atoms with Crippen molar-refractivity contribution in [2.24, 2.45) is 0 Å². The lowest BCUT2D eigenvalue weighted by Gasteiger charge is -2.25. The van der Waals surface area contributed by atoms with E-state index in [4.69, 9.17) is 4.74 Å². The van der Waals surface area contributed by atoms with Crippen LogP contribution in [0.4, 0.5) is 0 Å². The standard InChI is InChI=1S/C13H23N3O/c1-3-17-11(2)9-16-10-14-8-13(16)12-6-4-5-7-15-12/h8,10-12,15H,3-7,9H2,1-2H3. The summed E-state index contributed by atoms with van der Waals surface area (Å²) in [7, 11) is 0. The van der Waals surface area contributed by atoms with Crippen LogP contribution in [0.2, 0.25) is 0 Å². The molecule has 1 aliphatic heterocycles. The van der Waals surface area contributed by atoms with Gasteiger partial charge in [-0.15, -0.1) is 0 Å². The lowest BCUT2D eigenvalue weighted by molar-refractivity contribution is 0.0630. The van der Waals surface area contributed by atoms with Gasteiger partial charge in [-0.3, -0.25) is 0 Å². The molecule has 96 valence electrons. The van der Waals surface area contributed by atoms with Crippen molar-refractivity contribution in [3.8, 4) is 0 Å². The molecule has 1 fully saturated rings. The van der Waals surface area contributed by atoms with Crippen LogP contribution >= 0.6 is 0 Å². The van der Waals surface area contributed by atoms with Crippen molar-refractivity contribution >= 4 is 0 Å². The summed E-state index contributed by atoms with van der Waals surface area (Å²) in [5.74, 6) is 0. The van der Waals surface area contributed by atoms with Gasteiger partial charge in [0.2, 0.25) is 0 Å². The maximum absolute atomic E-state index is 5.59. The molecule has 2 unspecified atom stereocenters. The smallest absolute Gasteiger partial charge is 0.0949 e. The van der Waals surface area contributed by atoms with Crippen molar-refractivity contribution in [2.75, 3.05) is 13.2 Å². The molecule has 1 N–H and O–H groups in total. The highest BCUT2D eigenvalue weighted by atomic mass is 16.5. The number of hydrogen-bond donors (Lipinski definition) is 1. The fourth-order valence-electron chi connectivity index (χ4n) is 2.49. The van der Waals surface area contributed by atoms with E-state index in [0.717, 1.165) is 19.7 Å². The molecule has 1 aromatic rings. The predicted molar refractivity (Wildman–Crippen MR) is 67.9 cm³/mol.